The summed E-state index contributed by atoms with van der Waals surface area (Å²) in [6, 6.07) is 82.9. The predicted octanol–water partition coefficient (Wildman–Crippen LogP) is 17.7. The third-order valence-corrected chi connectivity index (χ3v) is 14.4. The zero-order valence-electron chi connectivity index (χ0n) is 35.2. The smallest absolute Gasteiger partial charge is 0.0554 e. The summed E-state index contributed by atoms with van der Waals surface area (Å²) in [5.74, 6) is 0. The second-order valence-corrected chi connectivity index (χ2v) is 18.4. The summed E-state index contributed by atoms with van der Waals surface area (Å²) in [5, 5.41) is 5.09. The molecule has 1 aromatic heterocycles. The molecule has 1 aliphatic carbocycles. The first-order valence-electron chi connectivity index (χ1n) is 21.8. The maximum Gasteiger partial charge on any atom is 0.0554 e. The van der Waals surface area contributed by atoms with Gasteiger partial charge in [0.25, 0.3) is 0 Å². The third-order valence-electron chi connectivity index (χ3n) is 13.3. The monoisotopic (exact) mass is 821 g/mol. The van der Waals surface area contributed by atoms with Crippen molar-refractivity contribution in [3.8, 4) is 55.6 Å². The van der Waals surface area contributed by atoms with E-state index in [4.69, 9.17) is 0 Å². The van der Waals surface area contributed by atoms with Crippen molar-refractivity contribution in [2.75, 3.05) is 4.90 Å². The van der Waals surface area contributed by atoms with Crippen molar-refractivity contribution in [3.63, 3.8) is 0 Å². The van der Waals surface area contributed by atoms with Gasteiger partial charge < -0.3 is 4.90 Å². The van der Waals surface area contributed by atoms with Gasteiger partial charge >= 0.3 is 0 Å². The number of nitrogens with zero attached hydrogens (tertiary/aromatic N) is 1. The van der Waals surface area contributed by atoms with E-state index in [9.17, 15) is 0 Å². The second-order valence-electron chi connectivity index (χ2n) is 17.3. The van der Waals surface area contributed by atoms with E-state index in [1.54, 1.807) is 0 Å². The molecule has 63 heavy (non-hydrogen) atoms. The van der Waals surface area contributed by atoms with E-state index in [0.29, 0.717) is 0 Å². The van der Waals surface area contributed by atoms with Crippen molar-refractivity contribution in [3.05, 3.63) is 236 Å². The fourth-order valence-corrected chi connectivity index (χ4v) is 11.1. The maximum atomic E-state index is 2.44. The van der Waals surface area contributed by atoms with Gasteiger partial charge in [0.15, 0.2) is 0 Å². The minimum Gasteiger partial charge on any atom is -0.310 e. The van der Waals surface area contributed by atoms with Gasteiger partial charge in [0.2, 0.25) is 0 Å². The number of fused-ring (bicyclic) bond motifs is 7. The van der Waals surface area contributed by atoms with Crippen LogP contribution >= 0.6 is 11.3 Å². The van der Waals surface area contributed by atoms with Crippen LogP contribution in [0.4, 0.5) is 17.1 Å². The van der Waals surface area contributed by atoms with Crippen LogP contribution in [0.25, 0.3) is 86.6 Å². The van der Waals surface area contributed by atoms with E-state index in [2.05, 4.69) is 243 Å². The van der Waals surface area contributed by atoms with Crippen LogP contribution in [0, 0.1) is 0 Å². The first-order valence-corrected chi connectivity index (χ1v) is 22.6. The molecule has 0 spiro atoms. The van der Waals surface area contributed by atoms with Crippen molar-refractivity contribution in [1.29, 1.82) is 0 Å². The van der Waals surface area contributed by atoms with Crippen LogP contribution < -0.4 is 4.90 Å². The van der Waals surface area contributed by atoms with Gasteiger partial charge in [-0.25, -0.2) is 0 Å². The number of thiophene rings is 1. The summed E-state index contributed by atoms with van der Waals surface area (Å²) in [7, 11) is 0. The van der Waals surface area contributed by atoms with E-state index in [1.807, 2.05) is 11.3 Å². The zero-order valence-corrected chi connectivity index (χ0v) is 36.0. The van der Waals surface area contributed by atoms with Crippen LogP contribution in [0.5, 0.6) is 0 Å². The topological polar surface area (TPSA) is 3.24 Å². The molecule has 11 aromatic rings. The first kappa shape index (κ1) is 37.3. The van der Waals surface area contributed by atoms with E-state index in [1.165, 1.54) is 103 Å². The molecule has 0 bridgehead atoms. The number of benzene rings is 10. The molecule has 12 rings (SSSR count). The summed E-state index contributed by atoms with van der Waals surface area (Å²) in [6.07, 6.45) is 0. The van der Waals surface area contributed by atoms with Gasteiger partial charge in [0.1, 0.15) is 0 Å². The van der Waals surface area contributed by atoms with Crippen LogP contribution in [-0.2, 0) is 5.41 Å². The SMILES string of the molecule is CC1(C)c2ccccc2-c2ccc(-c3ccc(N(c4ccc(-c5cccc(-c6cccc(-c7ccc8ccccc8c7)c6)c5)cc4)c4cccc5sc6ccccc6c45)cc3)cc21. The van der Waals surface area contributed by atoms with Gasteiger partial charge in [-0.2, -0.15) is 0 Å². The van der Waals surface area contributed by atoms with E-state index < -0.39 is 0 Å². The lowest BCUT2D eigenvalue weighted by atomic mass is 9.81. The highest BCUT2D eigenvalue weighted by molar-refractivity contribution is 7.26. The average Bonchev–Trinajstić information content (AvgIpc) is 3.84. The highest BCUT2D eigenvalue weighted by Crippen LogP contribution is 2.50. The summed E-state index contributed by atoms with van der Waals surface area (Å²) < 4.78 is 2.59. The molecule has 0 amide bonds. The Hall–Kier alpha value is -7.52. The molecule has 0 radical (unpaired) electrons. The van der Waals surface area contributed by atoms with Gasteiger partial charge in [0.05, 0.1) is 5.69 Å². The highest BCUT2D eigenvalue weighted by atomic mass is 32.1. The molecule has 0 saturated heterocycles. The van der Waals surface area contributed by atoms with Gasteiger partial charge in [-0.05, 0) is 144 Å². The summed E-state index contributed by atoms with van der Waals surface area (Å²) >= 11 is 1.86. The molecule has 0 fully saturated rings. The summed E-state index contributed by atoms with van der Waals surface area (Å²) in [5.41, 5.74) is 18.6. The molecular weight excluding hydrogens is 779 g/mol. The standard InChI is InChI=1S/C61H43NS/c1-61(2)55-20-7-5-18-52(55)53-35-30-49(39-56(53)61)42-28-33-51(34-29-42)62(57-21-11-23-59-60(57)54-19-6-8-22-58(54)63-59)50-31-26-41(27-32-50)44-14-9-15-45(36-44)46-16-10-17-47(38-46)48-25-24-40-12-3-4-13-43(40)37-48/h3-39H,1-2H3. The lowest BCUT2D eigenvalue weighted by molar-refractivity contribution is 0.660. The molecule has 1 aliphatic rings. The number of hydrogen-bond donors (Lipinski definition) is 0. The quantitative estimate of drug-likeness (QED) is 0.155. The Kier molecular flexibility index (Phi) is 8.77. The average molecular weight is 822 g/mol. The van der Waals surface area contributed by atoms with Crippen molar-refractivity contribution in [2.24, 2.45) is 0 Å². The lowest BCUT2D eigenvalue weighted by Crippen LogP contribution is -2.14. The van der Waals surface area contributed by atoms with Crippen LogP contribution in [0.3, 0.4) is 0 Å². The number of hydrogen-bond acceptors (Lipinski definition) is 2. The van der Waals surface area contributed by atoms with Crippen LogP contribution in [-0.4, -0.2) is 0 Å². The minimum atomic E-state index is -0.0440. The Morgan fingerprint density at radius 3 is 1.57 bits per heavy atom. The van der Waals surface area contributed by atoms with Crippen LogP contribution in [0.1, 0.15) is 25.0 Å². The van der Waals surface area contributed by atoms with Gasteiger partial charge in [-0.3, -0.25) is 0 Å². The second kappa shape index (κ2) is 14.8. The molecule has 0 saturated carbocycles. The Morgan fingerprint density at radius 2 is 0.857 bits per heavy atom. The molecular formula is C61H43NS. The molecule has 298 valence electrons. The van der Waals surface area contributed by atoms with Crippen molar-refractivity contribution >= 4 is 59.3 Å². The Bertz CT molecular complexity index is 3540. The molecule has 1 heterocycles. The minimum absolute atomic E-state index is 0.0440. The lowest BCUT2D eigenvalue weighted by Gasteiger charge is -2.27. The molecule has 0 unspecified atom stereocenters. The molecule has 10 aromatic carbocycles. The van der Waals surface area contributed by atoms with Crippen molar-refractivity contribution < 1.29 is 0 Å². The maximum absolute atomic E-state index is 2.44. The fourth-order valence-electron chi connectivity index (χ4n) is 9.98. The summed E-state index contributed by atoms with van der Waals surface area (Å²) in [4.78, 5) is 2.44. The van der Waals surface area contributed by atoms with E-state index in [0.717, 1.165) is 11.4 Å². The molecule has 0 aliphatic heterocycles. The number of rotatable bonds is 7. The van der Waals surface area contributed by atoms with Crippen molar-refractivity contribution in [1.82, 2.24) is 0 Å². The summed E-state index contributed by atoms with van der Waals surface area (Å²) in [6.45, 7) is 4.70. The highest BCUT2D eigenvalue weighted by Gasteiger charge is 2.35. The van der Waals surface area contributed by atoms with Gasteiger partial charge in [-0.1, -0.05) is 172 Å². The predicted molar refractivity (Wildman–Crippen MR) is 271 cm³/mol. The zero-order chi connectivity index (χ0) is 42.1. The van der Waals surface area contributed by atoms with E-state index >= 15 is 0 Å². The number of anilines is 3. The van der Waals surface area contributed by atoms with Crippen LogP contribution in [0.2, 0.25) is 0 Å². The Morgan fingerprint density at radius 1 is 0.349 bits per heavy atom. The fraction of sp³-hybridized carbons (Fsp3) is 0.0492. The largest absolute Gasteiger partial charge is 0.310 e. The van der Waals surface area contributed by atoms with Gasteiger partial charge in [0, 0.05) is 37.0 Å². The molecule has 0 atom stereocenters. The van der Waals surface area contributed by atoms with Crippen molar-refractivity contribution in [2.45, 2.75) is 19.3 Å². The molecule has 1 nitrogen and oxygen atoms in total. The Balaban J connectivity index is 0.906. The Labute approximate surface area is 372 Å². The van der Waals surface area contributed by atoms with Crippen LogP contribution in [0.15, 0.2) is 224 Å². The van der Waals surface area contributed by atoms with E-state index in [-0.39, 0.29) is 5.41 Å². The van der Waals surface area contributed by atoms with Gasteiger partial charge in [-0.15, -0.1) is 11.3 Å². The third kappa shape index (κ3) is 6.37. The normalized spacial score (nSPS) is 12.7. The molecule has 0 N–H and O–H groups in total. The molecule has 2 heteroatoms. The first-order chi connectivity index (χ1) is 31.0.